The van der Waals surface area contributed by atoms with E-state index in [9.17, 15) is 24.0 Å². The van der Waals surface area contributed by atoms with Gasteiger partial charge in [-0.1, -0.05) is 81.4 Å². The summed E-state index contributed by atoms with van der Waals surface area (Å²) < 4.78 is 0. The Morgan fingerprint density at radius 1 is 0.306 bits per heavy atom. The SMILES string of the molecule is CC(=O)CSC[C@@H]1C[C@@H]2c3cccc4[nH]cc(c34)C[C@H]2N(C)C1.CC(=O)CSC[C@@H]1C[C@@H]2c3cccc4[nH]cc(c34)C[C@H]2N(C)C1.CCCN1C[C@H](CSCC(C)=O)C[C@@H]2c3cccc4[nH]cc(c34)C[C@H]21.CCCN1C[C@H](CSCC(C)=O)C[C@@H]2c3cccc4[nH]cc(c34)C[C@H]21.CCCN1C[C@H](CSCC(C)=O)C[C@@H]2c3cccc4[nH]cc(c34)C[C@H]21. The first-order chi connectivity index (χ1) is 58.8. The van der Waals surface area contributed by atoms with Gasteiger partial charge in [-0.05, 0) is 296 Å². The first-order valence-electron chi connectivity index (χ1n) is 45.7. The molecular formula is C101H132N10O5S5. The molecule has 0 radical (unpaired) electrons. The molecule has 0 spiro atoms. The number of ketones is 5. The number of likely N-dealkylation sites (N-methyl/N-ethyl adjacent to an activating group) is 2. The third kappa shape index (κ3) is 19.8. The second kappa shape index (κ2) is 40.1. The lowest BCUT2D eigenvalue weighted by atomic mass is 9.72. The van der Waals surface area contributed by atoms with Gasteiger partial charge in [-0.15, -0.1) is 0 Å². The Labute approximate surface area is 740 Å². The molecule has 5 aromatic carbocycles. The number of nitrogens with zero attached hydrogens (tertiary/aromatic N) is 5. The van der Waals surface area contributed by atoms with Gasteiger partial charge >= 0.3 is 0 Å². The van der Waals surface area contributed by atoms with Crippen molar-refractivity contribution in [2.75, 3.05) is 124 Å². The molecule has 0 unspecified atom stereocenters. The summed E-state index contributed by atoms with van der Waals surface area (Å²) in [6.45, 7) is 24.8. The fourth-order valence-electron chi connectivity index (χ4n) is 23.9. The molecule has 646 valence electrons. The van der Waals surface area contributed by atoms with E-state index in [0.717, 1.165) is 54.7 Å². The first-order valence-corrected chi connectivity index (χ1v) is 51.5. The number of thioether (sulfide) groups is 5. The molecule has 20 rings (SSSR count). The maximum Gasteiger partial charge on any atom is 0.139 e. The third-order valence-electron chi connectivity index (χ3n) is 28.4. The molecule has 5 N–H and O–H groups in total. The van der Waals surface area contributed by atoms with E-state index in [2.05, 4.69) is 206 Å². The fourth-order valence-corrected chi connectivity index (χ4v) is 28.8. The van der Waals surface area contributed by atoms with Gasteiger partial charge in [0.1, 0.15) is 28.9 Å². The molecule has 10 aliphatic rings. The molecule has 20 heteroatoms. The van der Waals surface area contributed by atoms with Gasteiger partial charge in [0, 0.05) is 178 Å². The molecule has 10 heterocycles. The number of hydrogen-bond donors (Lipinski definition) is 5. The molecule has 5 aliphatic carbocycles. The van der Waals surface area contributed by atoms with Gasteiger partial charge in [0.25, 0.3) is 0 Å². The van der Waals surface area contributed by atoms with Gasteiger partial charge in [0.05, 0.1) is 28.8 Å². The zero-order valence-electron chi connectivity index (χ0n) is 73.4. The number of piperidine rings is 5. The molecule has 15 nitrogen and oxygen atoms in total. The van der Waals surface area contributed by atoms with Gasteiger partial charge in [-0.25, -0.2) is 0 Å². The number of likely N-dealkylation sites (tertiary alicyclic amines) is 5. The van der Waals surface area contributed by atoms with E-state index < -0.39 is 0 Å². The van der Waals surface area contributed by atoms with Crippen LogP contribution in [0.4, 0.5) is 0 Å². The fraction of sp³-hybridized carbons (Fsp3) is 0.554. The number of aromatic nitrogens is 5. The van der Waals surface area contributed by atoms with Crippen molar-refractivity contribution in [2.24, 2.45) is 29.6 Å². The summed E-state index contributed by atoms with van der Waals surface area (Å²) >= 11 is 9.09. The summed E-state index contributed by atoms with van der Waals surface area (Å²) in [5.74, 6) is 16.9. The molecule has 15 atom stereocenters. The quantitative estimate of drug-likeness (QED) is 0.0345. The number of H-pyrrole nitrogens is 5. The Balaban J connectivity index is 0.000000112. The Bertz CT molecular complexity index is 4840. The van der Waals surface area contributed by atoms with Crippen molar-refractivity contribution in [1.29, 1.82) is 0 Å². The second-order valence-electron chi connectivity index (χ2n) is 37.8. The van der Waals surface area contributed by atoms with Gasteiger partial charge in [0.15, 0.2) is 0 Å². The molecule has 10 aromatic rings. The molecule has 5 aliphatic heterocycles. The number of Topliss-reactive ketones (excluding diaryl/α,β-unsaturated/α-hetero) is 5. The van der Waals surface area contributed by atoms with E-state index in [1.165, 1.54) is 203 Å². The normalized spacial score (nSPS) is 26.4. The summed E-state index contributed by atoms with van der Waals surface area (Å²) in [4.78, 5) is 86.8. The number of nitrogens with one attached hydrogen (secondary N) is 5. The van der Waals surface area contributed by atoms with Gasteiger partial charge < -0.3 is 34.7 Å². The van der Waals surface area contributed by atoms with Crippen LogP contribution in [0.1, 0.15) is 192 Å². The Hall–Kier alpha value is -6.30. The van der Waals surface area contributed by atoms with Crippen molar-refractivity contribution in [3.63, 3.8) is 0 Å². The van der Waals surface area contributed by atoms with E-state index in [1.807, 2.05) is 35.3 Å². The monoisotopic (exact) mass is 1720 g/mol. The largest absolute Gasteiger partial charge is 0.361 e. The van der Waals surface area contributed by atoms with Gasteiger partial charge in [0.2, 0.25) is 0 Å². The molecular weight excluding hydrogens is 1590 g/mol. The molecule has 121 heavy (non-hydrogen) atoms. The number of hydrogen-bond acceptors (Lipinski definition) is 15. The lowest BCUT2D eigenvalue weighted by Crippen LogP contribution is -2.50. The maximum absolute atomic E-state index is 11.3. The van der Waals surface area contributed by atoms with Crippen LogP contribution in [0.5, 0.6) is 0 Å². The first kappa shape index (κ1) is 88.1. The molecule has 5 saturated heterocycles. The Kier molecular flexibility index (Phi) is 29.2. The van der Waals surface area contributed by atoms with Crippen LogP contribution in [0.15, 0.2) is 122 Å². The van der Waals surface area contributed by atoms with E-state index >= 15 is 0 Å². The molecule has 0 bridgehead atoms. The highest BCUT2D eigenvalue weighted by Gasteiger charge is 2.46. The van der Waals surface area contributed by atoms with Crippen LogP contribution in [0, 0.1) is 29.6 Å². The number of benzene rings is 5. The lowest BCUT2D eigenvalue weighted by molar-refractivity contribution is -0.115. The minimum atomic E-state index is 0.288. The summed E-state index contributed by atoms with van der Waals surface area (Å²) in [5.41, 5.74) is 21.6. The van der Waals surface area contributed by atoms with Gasteiger partial charge in [-0.3, -0.25) is 38.7 Å². The van der Waals surface area contributed by atoms with Crippen molar-refractivity contribution in [2.45, 2.75) is 199 Å². The predicted octanol–water partition coefficient (Wildman–Crippen LogP) is 19.6. The highest BCUT2D eigenvalue weighted by molar-refractivity contribution is 8.00. The summed E-state index contributed by atoms with van der Waals surface area (Å²) in [6.07, 6.45) is 26.8. The van der Waals surface area contributed by atoms with E-state index in [1.54, 1.807) is 74.8 Å². The highest BCUT2D eigenvalue weighted by Crippen LogP contribution is 2.52. The van der Waals surface area contributed by atoms with Crippen LogP contribution in [0.2, 0.25) is 0 Å². The standard InChI is InChI=1S/3C21H28N2OS.2C19H24N2OS/c3*1-3-7-23-11-15(13-25-12-14(2)24)8-18-17-5-4-6-19-21(17)16(10-22-19)9-20(18)23;2*1-12(22)10-23-11-13-6-16-15-4-3-5-17-19(15)14(8-20-17)7-18(16)21(2)9-13/h3*4-6,10,15,18,20,22H,3,7-9,11-13H2,1-2H3;2*3-5,8,13,16,18,20H,6-7,9-11H2,1-2H3/t3*15-,18-,20-;2*13-,16-,18-/m11111/s1. The van der Waals surface area contributed by atoms with Crippen LogP contribution in [-0.2, 0) is 56.1 Å². The Morgan fingerprint density at radius 2 is 0.512 bits per heavy atom. The zero-order chi connectivity index (χ0) is 84.1. The van der Waals surface area contributed by atoms with Crippen LogP contribution >= 0.6 is 58.8 Å². The number of rotatable bonds is 26. The van der Waals surface area contributed by atoms with Crippen molar-refractivity contribution in [3.05, 3.63) is 178 Å². The predicted molar refractivity (Wildman–Crippen MR) is 514 cm³/mol. The zero-order valence-corrected chi connectivity index (χ0v) is 77.5. The minimum absolute atomic E-state index is 0.288. The van der Waals surface area contributed by atoms with Gasteiger partial charge in [-0.2, -0.15) is 58.8 Å². The van der Waals surface area contributed by atoms with Crippen LogP contribution in [0.25, 0.3) is 54.5 Å². The molecule has 5 aromatic heterocycles. The van der Waals surface area contributed by atoms with Crippen molar-refractivity contribution < 1.29 is 24.0 Å². The smallest absolute Gasteiger partial charge is 0.139 e. The van der Waals surface area contributed by atoms with Crippen LogP contribution in [0.3, 0.4) is 0 Å². The molecule has 5 fully saturated rings. The number of aromatic amines is 5. The molecule has 0 saturated carbocycles. The summed E-state index contributed by atoms with van der Waals surface area (Å²) in [7, 11) is 4.55. The average molecular weight is 1730 g/mol. The number of fused-ring (bicyclic) bond motifs is 10. The van der Waals surface area contributed by atoms with E-state index in [-0.39, 0.29) is 11.6 Å². The Morgan fingerprint density at radius 3 is 0.727 bits per heavy atom. The topological polar surface area (TPSA) is 180 Å². The van der Waals surface area contributed by atoms with Crippen molar-refractivity contribution in [1.82, 2.24) is 49.4 Å². The number of carbonyl (C=O) groups is 5. The van der Waals surface area contributed by atoms with Crippen LogP contribution < -0.4 is 0 Å². The average Bonchev–Trinajstić information content (AvgIpc) is 1.75. The summed E-state index contributed by atoms with van der Waals surface area (Å²) in [6, 6.07) is 36.9. The number of carbonyl (C=O) groups excluding carboxylic acids is 5. The maximum atomic E-state index is 11.3. The summed E-state index contributed by atoms with van der Waals surface area (Å²) in [5, 5.41) is 7.39. The minimum Gasteiger partial charge on any atom is -0.361 e. The third-order valence-corrected chi connectivity index (χ3v) is 35.0. The lowest BCUT2D eigenvalue weighted by Gasteiger charge is -2.47. The molecule has 0 amide bonds. The van der Waals surface area contributed by atoms with Crippen molar-refractivity contribution in [3.8, 4) is 0 Å². The second-order valence-corrected chi connectivity index (χ2v) is 42.9. The van der Waals surface area contributed by atoms with E-state index in [4.69, 9.17) is 0 Å². The highest BCUT2D eigenvalue weighted by atomic mass is 32.2. The van der Waals surface area contributed by atoms with E-state index in [0.29, 0.717) is 136 Å². The van der Waals surface area contributed by atoms with Crippen molar-refractivity contribution >= 4 is 142 Å². The van der Waals surface area contributed by atoms with Crippen LogP contribution in [-0.4, -0.2) is 233 Å².